The van der Waals surface area contributed by atoms with Crippen molar-refractivity contribution in [3.8, 4) is 0 Å². The van der Waals surface area contributed by atoms with Crippen LogP contribution in [-0.2, 0) is 14.3 Å². The van der Waals surface area contributed by atoms with Gasteiger partial charge >= 0.3 is 5.97 Å². The molecule has 1 aliphatic rings. The summed E-state index contributed by atoms with van der Waals surface area (Å²) >= 11 is 0. The van der Waals surface area contributed by atoms with E-state index in [2.05, 4.69) is 0 Å². The molecule has 0 aromatic carbocycles. The summed E-state index contributed by atoms with van der Waals surface area (Å²) in [6.45, 7) is 4.12. The monoisotopic (exact) mass is 196 g/mol. The zero-order valence-electron chi connectivity index (χ0n) is 8.71. The summed E-state index contributed by atoms with van der Waals surface area (Å²) in [5.74, 6) is -0.107. The van der Waals surface area contributed by atoms with E-state index in [0.717, 1.165) is 0 Å². The number of esters is 1. The van der Waals surface area contributed by atoms with Gasteiger partial charge in [-0.05, 0) is 25.8 Å². The van der Waals surface area contributed by atoms with E-state index in [1.165, 1.54) is 6.08 Å². The highest BCUT2D eigenvalue weighted by Gasteiger charge is 2.37. The van der Waals surface area contributed by atoms with Crippen LogP contribution in [0.15, 0.2) is 12.2 Å². The number of ketones is 1. The first-order valence-corrected chi connectivity index (χ1v) is 5.04. The van der Waals surface area contributed by atoms with Crippen LogP contribution in [0.2, 0.25) is 0 Å². The van der Waals surface area contributed by atoms with Crippen LogP contribution in [0.1, 0.15) is 33.1 Å². The van der Waals surface area contributed by atoms with Crippen LogP contribution < -0.4 is 0 Å². The Morgan fingerprint density at radius 3 is 2.71 bits per heavy atom. The van der Waals surface area contributed by atoms with E-state index < -0.39 is 5.41 Å². The second-order valence-electron chi connectivity index (χ2n) is 3.53. The van der Waals surface area contributed by atoms with Crippen molar-refractivity contribution in [3.05, 3.63) is 12.2 Å². The van der Waals surface area contributed by atoms with Crippen LogP contribution in [0, 0.1) is 5.41 Å². The lowest BCUT2D eigenvalue weighted by atomic mass is 9.76. The number of carbonyl (C=O) groups excluding carboxylic acids is 2. The largest absolute Gasteiger partial charge is 0.465 e. The van der Waals surface area contributed by atoms with Crippen LogP contribution >= 0.6 is 0 Å². The summed E-state index contributed by atoms with van der Waals surface area (Å²) in [5.41, 5.74) is -0.552. The lowest BCUT2D eigenvalue weighted by Gasteiger charge is -2.28. The molecule has 1 rings (SSSR count). The standard InChI is InChI=1S/C11H16O3/c1-3-11(10(13)14-4-2)7-5-9(12)6-8-11/h5,7H,3-4,6,8H2,1-2H3. The molecular weight excluding hydrogens is 180 g/mol. The van der Waals surface area contributed by atoms with Crippen LogP contribution in [0.3, 0.4) is 0 Å². The van der Waals surface area contributed by atoms with Gasteiger partial charge in [-0.15, -0.1) is 0 Å². The third-order valence-electron chi connectivity index (χ3n) is 2.72. The maximum atomic E-state index is 11.7. The second-order valence-corrected chi connectivity index (χ2v) is 3.53. The first-order valence-electron chi connectivity index (χ1n) is 5.04. The fraction of sp³-hybridized carbons (Fsp3) is 0.636. The Bertz CT molecular complexity index is 268. The minimum atomic E-state index is -0.552. The predicted octanol–water partition coefficient (Wildman–Crippen LogP) is 1.86. The maximum absolute atomic E-state index is 11.7. The zero-order chi connectivity index (χ0) is 10.6. The summed E-state index contributed by atoms with van der Waals surface area (Å²) in [6.07, 6.45) is 4.93. The molecule has 0 bridgehead atoms. The first-order chi connectivity index (χ1) is 6.64. The number of hydrogen-bond acceptors (Lipinski definition) is 3. The van der Waals surface area contributed by atoms with Gasteiger partial charge in [0.05, 0.1) is 12.0 Å². The van der Waals surface area contributed by atoms with Crippen LogP contribution in [0.5, 0.6) is 0 Å². The van der Waals surface area contributed by atoms with E-state index >= 15 is 0 Å². The molecular formula is C11H16O3. The highest BCUT2D eigenvalue weighted by molar-refractivity contribution is 5.93. The maximum Gasteiger partial charge on any atom is 0.315 e. The van der Waals surface area contributed by atoms with Crippen molar-refractivity contribution < 1.29 is 14.3 Å². The molecule has 3 nitrogen and oxygen atoms in total. The molecule has 0 saturated carbocycles. The van der Waals surface area contributed by atoms with Crippen molar-refractivity contribution in [3.63, 3.8) is 0 Å². The summed E-state index contributed by atoms with van der Waals surface area (Å²) in [4.78, 5) is 22.7. The minimum absolute atomic E-state index is 0.0957. The van der Waals surface area contributed by atoms with Gasteiger partial charge in [-0.3, -0.25) is 9.59 Å². The van der Waals surface area contributed by atoms with Gasteiger partial charge in [0.1, 0.15) is 0 Å². The van der Waals surface area contributed by atoms with Crippen molar-refractivity contribution in [1.82, 2.24) is 0 Å². The Hall–Kier alpha value is -1.12. The zero-order valence-corrected chi connectivity index (χ0v) is 8.71. The van der Waals surface area contributed by atoms with Gasteiger partial charge in [0.15, 0.2) is 5.78 Å². The van der Waals surface area contributed by atoms with Gasteiger partial charge in [-0.25, -0.2) is 0 Å². The van der Waals surface area contributed by atoms with Crippen molar-refractivity contribution in [1.29, 1.82) is 0 Å². The van der Waals surface area contributed by atoms with Gasteiger partial charge in [-0.1, -0.05) is 13.0 Å². The first kappa shape index (κ1) is 11.0. The summed E-state index contributed by atoms with van der Waals surface area (Å²) < 4.78 is 5.01. The fourth-order valence-electron chi connectivity index (χ4n) is 1.65. The predicted molar refractivity (Wildman–Crippen MR) is 52.7 cm³/mol. The van der Waals surface area contributed by atoms with Crippen molar-refractivity contribution in [2.75, 3.05) is 6.61 Å². The van der Waals surface area contributed by atoms with E-state index in [-0.39, 0.29) is 11.8 Å². The number of ether oxygens (including phenoxy) is 1. The molecule has 78 valence electrons. The van der Waals surface area contributed by atoms with Gasteiger partial charge in [0.25, 0.3) is 0 Å². The molecule has 1 aliphatic carbocycles. The molecule has 0 amide bonds. The van der Waals surface area contributed by atoms with Crippen molar-refractivity contribution in [2.45, 2.75) is 33.1 Å². The molecule has 1 unspecified atom stereocenters. The number of rotatable bonds is 3. The molecule has 0 aliphatic heterocycles. The Balaban J connectivity index is 2.82. The van der Waals surface area contributed by atoms with E-state index in [4.69, 9.17) is 4.74 Å². The fourth-order valence-corrected chi connectivity index (χ4v) is 1.65. The molecule has 0 saturated heterocycles. The van der Waals surface area contributed by atoms with E-state index in [1.54, 1.807) is 13.0 Å². The summed E-state index contributed by atoms with van der Waals surface area (Å²) in [5, 5.41) is 0. The Morgan fingerprint density at radius 1 is 1.57 bits per heavy atom. The molecule has 0 aromatic rings. The third-order valence-corrected chi connectivity index (χ3v) is 2.72. The average molecular weight is 196 g/mol. The van der Waals surface area contributed by atoms with Crippen LogP contribution in [0.4, 0.5) is 0 Å². The Kier molecular flexibility index (Phi) is 3.44. The molecule has 3 heteroatoms. The van der Waals surface area contributed by atoms with Gasteiger partial charge in [0, 0.05) is 6.42 Å². The molecule has 0 heterocycles. The second kappa shape index (κ2) is 4.40. The molecule has 0 N–H and O–H groups in total. The molecule has 0 radical (unpaired) electrons. The van der Waals surface area contributed by atoms with E-state index in [9.17, 15) is 9.59 Å². The van der Waals surface area contributed by atoms with Crippen LogP contribution in [-0.4, -0.2) is 18.4 Å². The van der Waals surface area contributed by atoms with E-state index in [0.29, 0.717) is 25.9 Å². The summed E-state index contributed by atoms with van der Waals surface area (Å²) in [6, 6.07) is 0. The Morgan fingerprint density at radius 2 is 2.29 bits per heavy atom. The number of carbonyl (C=O) groups is 2. The van der Waals surface area contributed by atoms with Crippen molar-refractivity contribution in [2.24, 2.45) is 5.41 Å². The normalized spacial score (nSPS) is 26.3. The van der Waals surface area contributed by atoms with E-state index in [1.807, 2.05) is 6.92 Å². The molecule has 0 aromatic heterocycles. The Labute approximate surface area is 84.1 Å². The average Bonchev–Trinajstić information content (AvgIpc) is 2.20. The molecule has 0 spiro atoms. The molecule has 1 atom stereocenters. The van der Waals surface area contributed by atoms with Gasteiger partial charge in [-0.2, -0.15) is 0 Å². The SMILES string of the molecule is CCOC(=O)C1(CC)C=CC(=O)CC1. The third kappa shape index (κ3) is 2.03. The summed E-state index contributed by atoms with van der Waals surface area (Å²) in [7, 11) is 0. The minimum Gasteiger partial charge on any atom is -0.465 e. The smallest absolute Gasteiger partial charge is 0.315 e. The van der Waals surface area contributed by atoms with Crippen LogP contribution in [0.25, 0.3) is 0 Å². The quantitative estimate of drug-likeness (QED) is 0.647. The van der Waals surface area contributed by atoms with Gasteiger partial charge < -0.3 is 4.74 Å². The number of hydrogen-bond donors (Lipinski definition) is 0. The highest BCUT2D eigenvalue weighted by Crippen LogP contribution is 2.34. The lowest BCUT2D eigenvalue weighted by Crippen LogP contribution is -2.33. The molecule has 0 fully saturated rings. The lowest BCUT2D eigenvalue weighted by molar-refractivity contribution is -0.153. The molecule has 14 heavy (non-hydrogen) atoms. The van der Waals surface area contributed by atoms with Crippen molar-refractivity contribution >= 4 is 11.8 Å². The topological polar surface area (TPSA) is 43.4 Å². The van der Waals surface area contributed by atoms with Gasteiger partial charge in [0.2, 0.25) is 0 Å². The highest BCUT2D eigenvalue weighted by atomic mass is 16.5. The number of allylic oxidation sites excluding steroid dienone is 1.